The van der Waals surface area contributed by atoms with Crippen molar-refractivity contribution in [3.8, 4) is 0 Å². The molecule has 0 spiro atoms. The van der Waals surface area contributed by atoms with Crippen LogP contribution in [0, 0.1) is 5.92 Å². The Morgan fingerprint density at radius 2 is 2.10 bits per heavy atom. The van der Waals surface area contributed by atoms with Crippen molar-refractivity contribution in [2.75, 3.05) is 0 Å². The number of amides is 1. The van der Waals surface area contributed by atoms with Crippen molar-refractivity contribution in [3.63, 3.8) is 0 Å². The van der Waals surface area contributed by atoms with Crippen LogP contribution in [0.15, 0.2) is 18.2 Å². The zero-order valence-corrected chi connectivity index (χ0v) is 13.4. The molecule has 1 amide bonds. The number of carbonyl (C=O) groups is 1. The molecule has 3 N–H and O–H groups in total. The molecular formula is C14H19Cl3N2O. The third-order valence-corrected chi connectivity index (χ3v) is 4.24. The Morgan fingerprint density at radius 1 is 1.35 bits per heavy atom. The number of benzene rings is 1. The van der Waals surface area contributed by atoms with Gasteiger partial charge in [0.25, 0.3) is 0 Å². The maximum atomic E-state index is 11.9. The lowest BCUT2D eigenvalue weighted by Crippen LogP contribution is -2.31. The fraction of sp³-hybridized carbons (Fsp3) is 0.500. The lowest BCUT2D eigenvalue weighted by atomic mass is 10.00. The Labute approximate surface area is 135 Å². The van der Waals surface area contributed by atoms with Gasteiger partial charge in [-0.05, 0) is 36.5 Å². The van der Waals surface area contributed by atoms with Crippen molar-refractivity contribution < 1.29 is 4.79 Å². The third kappa shape index (κ3) is 4.81. The molecule has 0 bridgehead atoms. The first-order valence-electron chi connectivity index (χ1n) is 6.52. The Hall–Kier alpha value is -0.480. The van der Waals surface area contributed by atoms with Crippen molar-refractivity contribution in [1.29, 1.82) is 0 Å². The molecule has 1 aliphatic rings. The van der Waals surface area contributed by atoms with Crippen LogP contribution in [0.2, 0.25) is 10.0 Å². The van der Waals surface area contributed by atoms with Crippen molar-refractivity contribution in [2.24, 2.45) is 11.7 Å². The summed E-state index contributed by atoms with van der Waals surface area (Å²) in [5, 5.41) is 4.05. The maximum Gasteiger partial charge on any atom is 0.220 e. The number of nitrogens with one attached hydrogen (secondary N) is 1. The summed E-state index contributed by atoms with van der Waals surface area (Å²) in [5.41, 5.74) is 6.83. The van der Waals surface area contributed by atoms with E-state index >= 15 is 0 Å². The molecule has 0 heterocycles. The maximum absolute atomic E-state index is 11.9. The summed E-state index contributed by atoms with van der Waals surface area (Å²) in [4.78, 5) is 11.9. The smallest absolute Gasteiger partial charge is 0.220 e. The van der Waals surface area contributed by atoms with Gasteiger partial charge in [0.1, 0.15) is 0 Å². The molecule has 0 radical (unpaired) electrons. The molecule has 6 heteroatoms. The van der Waals surface area contributed by atoms with Crippen LogP contribution in [-0.2, 0) is 11.3 Å². The summed E-state index contributed by atoms with van der Waals surface area (Å²) in [5.74, 6) is 0.356. The summed E-state index contributed by atoms with van der Waals surface area (Å²) >= 11 is 11.9. The van der Waals surface area contributed by atoms with Gasteiger partial charge in [-0.1, -0.05) is 35.7 Å². The Balaban J connectivity index is 0.00000200. The molecule has 2 rings (SSSR count). The van der Waals surface area contributed by atoms with Crippen molar-refractivity contribution in [2.45, 2.75) is 38.3 Å². The molecule has 112 valence electrons. The van der Waals surface area contributed by atoms with Gasteiger partial charge < -0.3 is 11.1 Å². The van der Waals surface area contributed by atoms with Crippen molar-refractivity contribution >= 4 is 41.5 Å². The first kappa shape index (κ1) is 17.6. The number of rotatable bonds is 4. The second kappa shape index (κ2) is 8.08. The Bertz CT molecular complexity index is 468. The molecule has 2 atom stereocenters. The zero-order chi connectivity index (χ0) is 13.8. The van der Waals surface area contributed by atoms with Crippen molar-refractivity contribution in [3.05, 3.63) is 33.8 Å². The summed E-state index contributed by atoms with van der Waals surface area (Å²) < 4.78 is 0. The molecule has 1 fully saturated rings. The fourth-order valence-electron chi connectivity index (χ4n) is 2.49. The summed E-state index contributed by atoms with van der Waals surface area (Å²) in [6.45, 7) is 0.427. The molecule has 20 heavy (non-hydrogen) atoms. The lowest BCUT2D eigenvalue weighted by molar-refractivity contribution is -0.122. The normalized spacial score (nSPS) is 21.4. The highest BCUT2D eigenvalue weighted by atomic mass is 35.5. The van der Waals surface area contributed by atoms with Crippen LogP contribution in [0.5, 0.6) is 0 Å². The van der Waals surface area contributed by atoms with Gasteiger partial charge in [0, 0.05) is 29.1 Å². The molecule has 1 aromatic rings. The molecule has 1 saturated carbocycles. The number of hydrogen-bond donors (Lipinski definition) is 2. The van der Waals surface area contributed by atoms with Gasteiger partial charge in [-0.2, -0.15) is 0 Å². The third-order valence-electron chi connectivity index (χ3n) is 3.66. The predicted octanol–water partition coefficient (Wildman–Crippen LogP) is 3.55. The molecule has 0 unspecified atom stereocenters. The van der Waals surface area contributed by atoms with Gasteiger partial charge in [-0.25, -0.2) is 0 Å². The summed E-state index contributed by atoms with van der Waals surface area (Å²) in [6.07, 6.45) is 3.71. The number of halogens is 3. The van der Waals surface area contributed by atoms with E-state index in [4.69, 9.17) is 28.9 Å². The molecule has 0 aromatic heterocycles. The largest absolute Gasteiger partial charge is 0.352 e. The highest BCUT2D eigenvalue weighted by Crippen LogP contribution is 2.26. The van der Waals surface area contributed by atoms with Crippen LogP contribution >= 0.6 is 35.6 Å². The first-order chi connectivity index (χ1) is 9.06. The van der Waals surface area contributed by atoms with Gasteiger partial charge in [-0.3, -0.25) is 4.79 Å². The van der Waals surface area contributed by atoms with Crippen LogP contribution in [-0.4, -0.2) is 11.9 Å². The zero-order valence-electron chi connectivity index (χ0n) is 11.1. The minimum Gasteiger partial charge on any atom is -0.352 e. The number of carbonyl (C=O) groups excluding carboxylic acids is 1. The Kier molecular flexibility index (Phi) is 7.10. The van der Waals surface area contributed by atoms with E-state index < -0.39 is 0 Å². The average molecular weight is 338 g/mol. The van der Waals surface area contributed by atoms with E-state index in [1.165, 1.54) is 0 Å². The van der Waals surface area contributed by atoms with Crippen LogP contribution in [0.4, 0.5) is 0 Å². The topological polar surface area (TPSA) is 55.1 Å². The summed E-state index contributed by atoms with van der Waals surface area (Å²) in [6, 6.07) is 5.44. The summed E-state index contributed by atoms with van der Waals surface area (Å²) in [7, 11) is 0. The minimum atomic E-state index is 0. The van der Waals surface area contributed by atoms with Gasteiger partial charge in [0.15, 0.2) is 0 Å². The van der Waals surface area contributed by atoms with E-state index in [-0.39, 0.29) is 24.4 Å². The molecule has 0 saturated heterocycles. The standard InChI is InChI=1S/C14H18Cl2N2O.ClH/c15-11-5-4-10(12(16)7-11)8-18-14(19)6-9-2-1-3-13(9)17;/h4-5,7,9,13H,1-3,6,8,17H2,(H,18,19);1H/t9-,13+;/m0./s1. The number of hydrogen-bond acceptors (Lipinski definition) is 2. The second-order valence-electron chi connectivity index (χ2n) is 5.07. The van der Waals surface area contributed by atoms with Crippen LogP contribution in [0.3, 0.4) is 0 Å². The molecule has 0 aliphatic heterocycles. The highest BCUT2D eigenvalue weighted by Gasteiger charge is 2.25. The van der Waals surface area contributed by atoms with Crippen LogP contribution in [0.25, 0.3) is 0 Å². The minimum absolute atomic E-state index is 0. The van der Waals surface area contributed by atoms with Gasteiger partial charge in [-0.15, -0.1) is 12.4 Å². The quantitative estimate of drug-likeness (QED) is 0.883. The van der Waals surface area contributed by atoms with E-state index in [0.29, 0.717) is 28.9 Å². The van der Waals surface area contributed by atoms with Gasteiger partial charge in [0.05, 0.1) is 0 Å². The van der Waals surface area contributed by atoms with E-state index in [9.17, 15) is 4.79 Å². The van der Waals surface area contributed by atoms with Gasteiger partial charge >= 0.3 is 0 Å². The van der Waals surface area contributed by atoms with E-state index in [2.05, 4.69) is 5.32 Å². The molecule has 1 aliphatic carbocycles. The average Bonchev–Trinajstić information content (AvgIpc) is 2.74. The molecule has 1 aromatic carbocycles. The van der Waals surface area contributed by atoms with Crippen LogP contribution < -0.4 is 11.1 Å². The highest BCUT2D eigenvalue weighted by molar-refractivity contribution is 6.35. The SMILES string of the molecule is Cl.N[C@@H]1CCC[C@H]1CC(=O)NCc1ccc(Cl)cc1Cl. The first-order valence-corrected chi connectivity index (χ1v) is 7.28. The second-order valence-corrected chi connectivity index (χ2v) is 5.92. The predicted molar refractivity (Wildman–Crippen MR) is 85.5 cm³/mol. The fourth-order valence-corrected chi connectivity index (χ4v) is 2.96. The number of nitrogens with two attached hydrogens (primary N) is 1. The van der Waals surface area contributed by atoms with Crippen LogP contribution in [0.1, 0.15) is 31.2 Å². The molecule has 3 nitrogen and oxygen atoms in total. The van der Waals surface area contributed by atoms with Gasteiger partial charge in [0.2, 0.25) is 5.91 Å². The lowest BCUT2D eigenvalue weighted by Gasteiger charge is -2.15. The molecular weight excluding hydrogens is 319 g/mol. The Morgan fingerprint density at radius 3 is 2.70 bits per heavy atom. The monoisotopic (exact) mass is 336 g/mol. The van der Waals surface area contributed by atoms with E-state index in [1.807, 2.05) is 6.07 Å². The van der Waals surface area contributed by atoms with E-state index in [1.54, 1.807) is 12.1 Å². The van der Waals surface area contributed by atoms with E-state index in [0.717, 1.165) is 24.8 Å². The van der Waals surface area contributed by atoms with Crippen molar-refractivity contribution in [1.82, 2.24) is 5.32 Å².